The Hall–Kier alpha value is -0.0800. The van der Waals surface area contributed by atoms with Gasteiger partial charge in [-0.25, -0.2) is 0 Å². The normalized spacial score (nSPS) is 30.9. The second kappa shape index (κ2) is 4.97. The molecule has 2 heteroatoms. The lowest BCUT2D eigenvalue weighted by atomic mass is 9.90. The van der Waals surface area contributed by atoms with E-state index in [1.54, 1.807) is 0 Å². The van der Waals surface area contributed by atoms with Crippen molar-refractivity contribution in [3.8, 4) is 0 Å². The molecule has 1 saturated heterocycles. The first-order valence-corrected chi connectivity index (χ1v) is 5.77. The van der Waals surface area contributed by atoms with E-state index in [2.05, 4.69) is 5.32 Å². The van der Waals surface area contributed by atoms with Gasteiger partial charge in [0.25, 0.3) is 0 Å². The molecule has 0 aromatic rings. The fraction of sp³-hybridized carbons (Fsp3) is 1.00. The molecule has 2 nitrogen and oxygen atoms in total. The number of rotatable bonds is 3. The van der Waals surface area contributed by atoms with Gasteiger partial charge >= 0.3 is 0 Å². The molecule has 1 saturated carbocycles. The third kappa shape index (κ3) is 2.96. The zero-order valence-corrected chi connectivity index (χ0v) is 8.43. The van der Waals surface area contributed by atoms with Crippen LogP contribution in [0.2, 0.25) is 0 Å². The number of nitrogens with one attached hydrogen (secondary N) is 1. The molecule has 1 unspecified atom stereocenters. The maximum atomic E-state index is 5.88. The van der Waals surface area contributed by atoms with Gasteiger partial charge in [0.2, 0.25) is 0 Å². The van der Waals surface area contributed by atoms with Crippen molar-refractivity contribution in [2.24, 2.45) is 5.92 Å². The Balaban J connectivity index is 1.60. The van der Waals surface area contributed by atoms with Crippen LogP contribution in [0.15, 0.2) is 0 Å². The summed E-state index contributed by atoms with van der Waals surface area (Å²) >= 11 is 0. The summed E-state index contributed by atoms with van der Waals surface area (Å²) in [6, 6.07) is 0. The van der Waals surface area contributed by atoms with E-state index < -0.39 is 0 Å². The van der Waals surface area contributed by atoms with E-state index in [-0.39, 0.29) is 0 Å². The van der Waals surface area contributed by atoms with Crippen molar-refractivity contribution >= 4 is 0 Å². The van der Waals surface area contributed by atoms with Gasteiger partial charge in [-0.15, -0.1) is 0 Å². The molecule has 0 amide bonds. The van der Waals surface area contributed by atoms with Crippen LogP contribution in [0.25, 0.3) is 0 Å². The van der Waals surface area contributed by atoms with Gasteiger partial charge in [0.1, 0.15) is 0 Å². The van der Waals surface area contributed by atoms with Crippen molar-refractivity contribution in [1.82, 2.24) is 5.32 Å². The molecule has 0 bridgehead atoms. The standard InChI is InChI=1S/C11H21NO/c1-2-4-10(5-3-1)9-13-11-6-7-12-8-11/h10-12H,1-9H2. The molecule has 1 atom stereocenters. The first kappa shape index (κ1) is 9.47. The van der Waals surface area contributed by atoms with Crippen LogP contribution >= 0.6 is 0 Å². The van der Waals surface area contributed by atoms with Gasteiger partial charge in [-0.3, -0.25) is 0 Å². The Kier molecular flexibility index (Phi) is 3.62. The van der Waals surface area contributed by atoms with E-state index in [1.807, 2.05) is 0 Å². The van der Waals surface area contributed by atoms with Crippen LogP contribution in [0.4, 0.5) is 0 Å². The largest absolute Gasteiger partial charge is 0.377 e. The van der Waals surface area contributed by atoms with Gasteiger partial charge in [-0.2, -0.15) is 0 Å². The molecule has 13 heavy (non-hydrogen) atoms. The van der Waals surface area contributed by atoms with Crippen molar-refractivity contribution in [2.75, 3.05) is 19.7 Å². The minimum Gasteiger partial charge on any atom is -0.377 e. The molecule has 1 heterocycles. The Bertz CT molecular complexity index is 137. The summed E-state index contributed by atoms with van der Waals surface area (Å²) in [7, 11) is 0. The predicted molar refractivity (Wildman–Crippen MR) is 53.8 cm³/mol. The first-order valence-electron chi connectivity index (χ1n) is 5.77. The van der Waals surface area contributed by atoms with Gasteiger partial charge < -0.3 is 10.1 Å². The SMILES string of the molecule is C1CCC(COC2CCNC2)CC1. The summed E-state index contributed by atoms with van der Waals surface area (Å²) in [5, 5.41) is 3.34. The van der Waals surface area contributed by atoms with Crippen LogP contribution in [0.3, 0.4) is 0 Å². The highest BCUT2D eigenvalue weighted by molar-refractivity contribution is 4.72. The average Bonchev–Trinajstić information content (AvgIpc) is 2.69. The maximum Gasteiger partial charge on any atom is 0.0711 e. The molecule has 2 rings (SSSR count). The first-order chi connectivity index (χ1) is 6.45. The van der Waals surface area contributed by atoms with Crippen molar-refractivity contribution in [1.29, 1.82) is 0 Å². The Morgan fingerprint density at radius 2 is 1.92 bits per heavy atom. The lowest BCUT2D eigenvalue weighted by molar-refractivity contribution is 0.0321. The average molecular weight is 183 g/mol. The van der Waals surface area contributed by atoms with Gasteiger partial charge in [0.15, 0.2) is 0 Å². The third-order valence-corrected chi connectivity index (χ3v) is 3.31. The van der Waals surface area contributed by atoms with Crippen LogP contribution in [0.1, 0.15) is 38.5 Å². The molecule has 1 N–H and O–H groups in total. The van der Waals surface area contributed by atoms with Crippen LogP contribution in [-0.2, 0) is 4.74 Å². The lowest BCUT2D eigenvalue weighted by Crippen LogP contribution is -2.21. The Labute approximate surface area is 81.0 Å². The topological polar surface area (TPSA) is 21.3 Å². The monoisotopic (exact) mass is 183 g/mol. The second-order valence-electron chi connectivity index (χ2n) is 4.45. The molecule has 2 aliphatic rings. The molecular weight excluding hydrogens is 162 g/mol. The van der Waals surface area contributed by atoms with Crippen LogP contribution in [-0.4, -0.2) is 25.8 Å². The Morgan fingerprint density at radius 1 is 1.08 bits per heavy atom. The highest BCUT2D eigenvalue weighted by atomic mass is 16.5. The second-order valence-corrected chi connectivity index (χ2v) is 4.45. The van der Waals surface area contributed by atoms with Gasteiger partial charge in [0.05, 0.1) is 6.10 Å². The molecular formula is C11H21NO. The van der Waals surface area contributed by atoms with Gasteiger partial charge in [0, 0.05) is 13.2 Å². The number of hydrogen-bond donors (Lipinski definition) is 1. The zero-order valence-electron chi connectivity index (χ0n) is 8.43. The molecule has 2 fully saturated rings. The van der Waals surface area contributed by atoms with E-state index in [1.165, 1.54) is 38.5 Å². The van der Waals surface area contributed by atoms with E-state index in [0.29, 0.717) is 6.10 Å². The van der Waals surface area contributed by atoms with Crippen molar-refractivity contribution < 1.29 is 4.74 Å². The molecule has 0 radical (unpaired) electrons. The highest BCUT2D eigenvalue weighted by Crippen LogP contribution is 2.24. The zero-order chi connectivity index (χ0) is 8.93. The van der Waals surface area contributed by atoms with E-state index in [4.69, 9.17) is 4.74 Å². The van der Waals surface area contributed by atoms with Crippen LogP contribution in [0, 0.1) is 5.92 Å². The molecule has 0 aromatic heterocycles. The highest BCUT2D eigenvalue weighted by Gasteiger charge is 2.18. The minimum atomic E-state index is 0.516. The summed E-state index contributed by atoms with van der Waals surface area (Å²) in [6.45, 7) is 3.24. The Morgan fingerprint density at radius 3 is 2.62 bits per heavy atom. The minimum absolute atomic E-state index is 0.516. The fourth-order valence-electron chi connectivity index (χ4n) is 2.40. The number of hydrogen-bond acceptors (Lipinski definition) is 2. The molecule has 0 aromatic carbocycles. The molecule has 0 spiro atoms. The van der Waals surface area contributed by atoms with E-state index in [9.17, 15) is 0 Å². The van der Waals surface area contributed by atoms with Crippen molar-refractivity contribution in [3.05, 3.63) is 0 Å². The van der Waals surface area contributed by atoms with Crippen molar-refractivity contribution in [2.45, 2.75) is 44.6 Å². The molecule has 1 aliphatic heterocycles. The fourth-order valence-corrected chi connectivity index (χ4v) is 2.40. The summed E-state index contributed by atoms with van der Waals surface area (Å²) in [6.07, 6.45) is 8.84. The van der Waals surface area contributed by atoms with E-state index >= 15 is 0 Å². The smallest absolute Gasteiger partial charge is 0.0711 e. The predicted octanol–water partition coefficient (Wildman–Crippen LogP) is 1.95. The van der Waals surface area contributed by atoms with Gasteiger partial charge in [-0.1, -0.05) is 19.3 Å². The maximum absolute atomic E-state index is 5.88. The molecule has 1 aliphatic carbocycles. The quantitative estimate of drug-likeness (QED) is 0.722. The lowest BCUT2D eigenvalue weighted by Gasteiger charge is -2.22. The van der Waals surface area contributed by atoms with Crippen LogP contribution in [0.5, 0.6) is 0 Å². The number of ether oxygens (including phenoxy) is 1. The summed E-state index contributed by atoms with van der Waals surface area (Å²) in [5.41, 5.74) is 0. The van der Waals surface area contributed by atoms with Gasteiger partial charge in [-0.05, 0) is 31.7 Å². The van der Waals surface area contributed by atoms with E-state index in [0.717, 1.165) is 25.6 Å². The summed E-state index contributed by atoms with van der Waals surface area (Å²) in [5.74, 6) is 0.870. The van der Waals surface area contributed by atoms with Crippen LogP contribution < -0.4 is 5.32 Å². The third-order valence-electron chi connectivity index (χ3n) is 3.31. The summed E-state index contributed by atoms with van der Waals surface area (Å²) < 4.78 is 5.88. The summed E-state index contributed by atoms with van der Waals surface area (Å²) in [4.78, 5) is 0. The molecule has 76 valence electrons. The van der Waals surface area contributed by atoms with Crippen molar-refractivity contribution in [3.63, 3.8) is 0 Å².